The number of rotatable bonds is 8. The summed E-state index contributed by atoms with van der Waals surface area (Å²) in [7, 11) is -3.53. The largest absolute Gasteiger partial charge is 0.449 e. The predicted octanol–water partition coefficient (Wildman–Crippen LogP) is 2.30. The highest BCUT2D eigenvalue weighted by atomic mass is 32.2. The molecule has 9 heteroatoms. The first-order valence-corrected chi connectivity index (χ1v) is 12.0. The summed E-state index contributed by atoms with van der Waals surface area (Å²) < 4.78 is 37.3. The van der Waals surface area contributed by atoms with Gasteiger partial charge in [-0.1, -0.05) is 26.0 Å². The Hall–Kier alpha value is -2.23. The maximum absolute atomic E-state index is 12.5. The second-order valence-corrected chi connectivity index (χ2v) is 9.51. The number of benzene rings is 1. The van der Waals surface area contributed by atoms with Gasteiger partial charge in [-0.15, -0.1) is 0 Å². The molecule has 1 heterocycles. The van der Waals surface area contributed by atoms with Crippen LogP contribution in [0.4, 0.5) is 0 Å². The van der Waals surface area contributed by atoms with Crippen molar-refractivity contribution in [3.8, 4) is 0 Å². The summed E-state index contributed by atoms with van der Waals surface area (Å²) in [4.78, 5) is 26.5. The molecule has 1 saturated heterocycles. The summed E-state index contributed by atoms with van der Waals surface area (Å²) in [6.07, 6.45) is 1.71. The van der Waals surface area contributed by atoms with E-state index in [4.69, 9.17) is 9.47 Å². The van der Waals surface area contributed by atoms with Crippen molar-refractivity contribution in [2.45, 2.75) is 57.8 Å². The Labute approximate surface area is 184 Å². The van der Waals surface area contributed by atoms with Gasteiger partial charge in [0.1, 0.15) is 0 Å². The zero-order valence-corrected chi connectivity index (χ0v) is 19.6. The van der Waals surface area contributed by atoms with Crippen molar-refractivity contribution < 1.29 is 27.5 Å². The van der Waals surface area contributed by atoms with E-state index in [2.05, 4.69) is 0 Å². The van der Waals surface area contributed by atoms with E-state index < -0.39 is 22.1 Å². The molecule has 172 valence electrons. The second-order valence-electron chi connectivity index (χ2n) is 7.57. The third-order valence-electron chi connectivity index (χ3n) is 5.01. The average molecular weight is 453 g/mol. The Bertz CT molecular complexity index is 883. The minimum absolute atomic E-state index is 0.0657. The van der Waals surface area contributed by atoms with Crippen LogP contribution >= 0.6 is 0 Å². The Morgan fingerprint density at radius 2 is 1.71 bits per heavy atom. The van der Waals surface area contributed by atoms with E-state index in [9.17, 15) is 18.0 Å². The molecule has 0 aromatic heterocycles. The number of amides is 1. The molecule has 3 atom stereocenters. The molecule has 2 rings (SSSR count). The lowest BCUT2D eigenvalue weighted by atomic mass is 10.2. The van der Waals surface area contributed by atoms with Gasteiger partial charge < -0.3 is 14.4 Å². The molecule has 1 aliphatic rings. The first-order chi connectivity index (χ1) is 14.6. The third-order valence-corrected chi connectivity index (χ3v) is 7.07. The van der Waals surface area contributed by atoms with Gasteiger partial charge in [0, 0.05) is 32.3 Å². The van der Waals surface area contributed by atoms with Crippen LogP contribution in [0.5, 0.6) is 0 Å². The normalized spacial score (nSPS) is 20.8. The Kier molecular flexibility index (Phi) is 8.79. The average Bonchev–Trinajstić information content (AvgIpc) is 2.72. The Morgan fingerprint density at radius 1 is 1.16 bits per heavy atom. The van der Waals surface area contributed by atoms with Gasteiger partial charge in [-0.2, -0.15) is 4.31 Å². The number of carbonyl (C=O) groups excluding carboxylic acids is 2. The monoisotopic (exact) mass is 452 g/mol. The molecule has 1 aliphatic heterocycles. The van der Waals surface area contributed by atoms with Crippen molar-refractivity contribution >= 4 is 28.0 Å². The van der Waals surface area contributed by atoms with Crippen molar-refractivity contribution in [2.24, 2.45) is 0 Å². The number of morpholine rings is 1. The second kappa shape index (κ2) is 10.9. The van der Waals surface area contributed by atoms with Crippen LogP contribution in [0.3, 0.4) is 0 Å². The van der Waals surface area contributed by atoms with Gasteiger partial charge in [-0.05, 0) is 44.5 Å². The highest BCUT2D eigenvalue weighted by Crippen LogP contribution is 2.17. The van der Waals surface area contributed by atoms with Gasteiger partial charge in [0.25, 0.3) is 5.91 Å². The molecule has 1 amide bonds. The van der Waals surface area contributed by atoms with Gasteiger partial charge in [-0.25, -0.2) is 13.2 Å². The summed E-state index contributed by atoms with van der Waals surface area (Å²) in [5.74, 6) is -0.898. The van der Waals surface area contributed by atoms with Crippen molar-refractivity contribution in [1.82, 2.24) is 9.21 Å². The minimum atomic E-state index is -3.53. The van der Waals surface area contributed by atoms with Crippen LogP contribution in [0.2, 0.25) is 0 Å². The van der Waals surface area contributed by atoms with Gasteiger partial charge in [0.05, 0.1) is 17.1 Å². The molecule has 1 aromatic rings. The maximum atomic E-state index is 12.5. The van der Waals surface area contributed by atoms with E-state index in [1.165, 1.54) is 28.6 Å². The van der Waals surface area contributed by atoms with Crippen LogP contribution < -0.4 is 0 Å². The lowest BCUT2D eigenvalue weighted by Crippen LogP contribution is -2.51. The Balaban J connectivity index is 1.96. The molecular formula is C22H32N2O6S. The zero-order valence-electron chi connectivity index (χ0n) is 18.8. The molecule has 1 aromatic carbocycles. The number of carbonyl (C=O) groups is 2. The number of hydrogen-bond acceptors (Lipinski definition) is 6. The number of sulfonamides is 1. The van der Waals surface area contributed by atoms with Crippen molar-refractivity contribution in [3.63, 3.8) is 0 Å². The number of nitrogens with zero attached hydrogens (tertiary/aromatic N) is 2. The molecule has 0 radical (unpaired) electrons. The minimum Gasteiger partial charge on any atom is -0.449 e. The molecule has 0 bridgehead atoms. The molecule has 0 spiro atoms. The zero-order chi connectivity index (χ0) is 23.2. The van der Waals surface area contributed by atoms with E-state index in [-0.39, 0.29) is 23.0 Å². The van der Waals surface area contributed by atoms with E-state index in [0.717, 1.165) is 0 Å². The first-order valence-electron chi connectivity index (χ1n) is 10.5. The third kappa shape index (κ3) is 6.62. The molecule has 8 nitrogen and oxygen atoms in total. The molecule has 31 heavy (non-hydrogen) atoms. The molecule has 0 N–H and O–H groups in total. The SMILES string of the molecule is CCN(CC)S(=O)(=O)c1ccc(/C=C/C(=O)OC(C)C(=O)N2CC(C)OC(C)C2)cc1. The molecule has 0 saturated carbocycles. The molecule has 1 fully saturated rings. The Morgan fingerprint density at radius 3 is 2.23 bits per heavy atom. The molecule has 3 unspecified atom stereocenters. The molecular weight excluding hydrogens is 420 g/mol. The van der Waals surface area contributed by atoms with Crippen molar-refractivity contribution in [2.75, 3.05) is 26.2 Å². The summed E-state index contributed by atoms with van der Waals surface area (Å²) in [6, 6.07) is 6.24. The van der Waals surface area contributed by atoms with Crippen molar-refractivity contribution in [3.05, 3.63) is 35.9 Å². The van der Waals surface area contributed by atoms with Gasteiger partial charge in [-0.3, -0.25) is 4.79 Å². The summed E-state index contributed by atoms with van der Waals surface area (Å²) >= 11 is 0. The maximum Gasteiger partial charge on any atom is 0.331 e. The fraction of sp³-hybridized carbons (Fsp3) is 0.545. The quantitative estimate of drug-likeness (QED) is 0.444. The van der Waals surface area contributed by atoms with Gasteiger partial charge >= 0.3 is 5.97 Å². The lowest BCUT2D eigenvalue weighted by molar-refractivity contribution is -0.161. The number of hydrogen-bond donors (Lipinski definition) is 0. The summed E-state index contributed by atoms with van der Waals surface area (Å²) in [6.45, 7) is 10.6. The summed E-state index contributed by atoms with van der Waals surface area (Å²) in [5, 5.41) is 0. The van der Waals surface area contributed by atoms with Crippen LogP contribution in [0, 0.1) is 0 Å². The predicted molar refractivity (Wildman–Crippen MR) is 118 cm³/mol. The van der Waals surface area contributed by atoms with Crippen LogP contribution in [0.15, 0.2) is 35.2 Å². The lowest BCUT2D eigenvalue weighted by Gasteiger charge is -2.36. The highest BCUT2D eigenvalue weighted by Gasteiger charge is 2.30. The first kappa shape index (κ1) is 25.0. The fourth-order valence-corrected chi connectivity index (χ4v) is 4.96. The van der Waals surface area contributed by atoms with E-state index in [1.54, 1.807) is 37.8 Å². The summed E-state index contributed by atoms with van der Waals surface area (Å²) in [5.41, 5.74) is 0.644. The van der Waals surface area contributed by atoms with Crippen molar-refractivity contribution in [1.29, 1.82) is 0 Å². The van der Waals surface area contributed by atoms with Crippen LogP contribution in [0.1, 0.15) is 40.2 Å². The van der Waals surface area contributed by atoms with E-state index >= 15 is 0 Å². The van der Waals surface area contributed by atoms with Gasteiger partial charge in [0.2, 0.25) is 10.0 Å². The highest BCUT2D eigenvalue weighted by molar-refractivity contribution is 7.89. The van der Waals surface area contributed by atoms with Crippen LogP contribution in [-0.2, 0) is 29.1 Å². The van der Waals surface area contributed by atoms with Crippen LogP contribution in [0.25, 0.3) is 6.08 Å². The number of esters is 1. The van der Waals surface area contributed by atoms with E-state index in [0.29, 0.717) is 31.7 Å². The molecule has 0 aliphatic carbocycles. The van der Waals surface area contributed by atoms with Crippen LogP contribution in [-0.4, -0.2) is 74.0 Å². The number of ether oxygens (including phenoxy) is 2. The standard InChI is InChI=1S/C22H32N2O6S/c1-6-24(7-2)31(27,28)20-11-8-19(9-12-20)10-13-21(25)30-18(5)22(26)23-14-16(3)29-17(4)15-23/h8-13,16-18H,6-7,14-15H2,1-5H3/b13-10+. The smallest absolute Gasteiger partial charge is 0.331 e. The topological polar surface area (TPSA) is 93.2 Å². The fourth-order valence-electron chi connectivity index (χ4n) is 3.51. The van der Waals surface area contributed by atoms with Gasteiger partial charge in [0.15, 0.2) is 6.10 Å². The van der Waals surface area contributed by atoms with E-state index in [1.807, 2.05) is 13.8 Å².